The van der Waals surface area contributed by atoms with Crippen LogP contribution in [0.25, 0.3) is 0 Å². The zero-order chi connectivity index (χ0) is 9.84. The lowest BCUT2D eigenvalue weighted by Gasteiger charge is -2.30. The summed E-state index contributed by atoms with van der Waals surface area (Å²) in [7, 11) is 2.28. The number of hydrogen-bond acceptors (Lipinski definition) is 1. The average Bonchev–Trinajstić information content (AvgIpc) is 2.28. The van der Waals surface area contributed by atoms with Gasteiger partial charge in [-0.3, -0.25) is 0 Å². The second-order valence-corrected chi connectivity index (χ2v) is 5.03. The summed E-state index contributed by atoms with van der Waals surface area (Å²) in [6.45, 7) is 7.00. The first-order valence-corrected chi connectivity index (χ1v) is 5.83. The molecule has 1 heteroatoms. The number of hydrogen-bond donors (Lipinski definition) is 0. The Morgan fingerprint density at radius 2 is 1.77 bits per heavy atom. The lowest BCUT2D eigenvalue weighted by Crippen LogP contribution is -2.36. The molecule has 1 rings (SSSR count). The highest BCUT2D eigenvalue weighted by atomic mass is 15.1. The van der Waals surface area contributed by atoms with Crippen molar-refractivity contribution in [3.05, 3.63) is 0 Å². The molecule has 13 heavy (non-hydrogen) atoms. The summed E-state index contributed by atoms with van der Waals surface area (Å²) in [5, 5.41) is 0. The van der Waals surface area contributed by atoms with Crippen LogP contribution >= 0.6 is 0 Å². The van der Waals surface area contributed by atoms with Gasteiger partial charge in [0.25, 0.3) is 0 Å². The van der Waals surface area contributed by atoms with Crippen molar-refractivity contribution in [2.45, 2.75) is 65.0 Å². The van der Waals surface area contributed by atoms with Gasteiger partial charge in [-0.2, -0.15) is 0 Å². The van der Waals surface area contributed by atoms with E-state index in [1.165, 1.54) is 32.1 Å². The zero-order valence-corrected chi connectivity index (χ0v) is 9.71. The predicted octanol–water partition coefficient (Wildman–Crippen LogP) is 3.30. The van der Waals surface area contributed by atoms with Crippen LogP contribution in [-0.4, -0.2) is 24.0 Å². The van der Waals surface area contributed by atoms with Gasteiger partial charge in [-0.05, 0) is 46.1 Å². The van der Waals surface area contributed by atoms with Gasteiger partial charge in [0.1, 0.15) is 0 Å². The molecule has 0 radical (unpaired) electrons. The van der Waals surface area contributed by atoms with Crippen LogP contribution in [0, 0.1) is 5.92 Å². The molecule has 0 bridgehead atoms. The molecule has 0 spiro atoms. The molecule has 2 atom stereocenters. The second-order valence-electron chi connectivity index (χ2n) is 5.03. The summed E-state index contributed by atoms with van der Waals surface area (Å²) in [6.07, 6.45) is 7.14. The molecular formula is C12H25N. The normalized spacial score (nSPS) is 30.9. The van der Waals surface area contributed by atoms with E-state index >= 15 is 0 Å². The minimum atomic E-state index is 0.707. The Morgan fingerprint density at radius 3 is 2.38 bits per heavy atom. The topological polar surface area (TPSA) is 3.24 Å². The van der Waals surface area contributed by atoms with Gasteiger partial charge in [0, 0.05) is 12.1 Å². The molecule has 0 saturated heterocycles. The van der Waals surface area contributed by atoms with Gasteiger partial charge in [0.15, 0.2) is 0 Å². The Bertz CT molecular complexity index is 142. The highest BCUT2D eigenvalue weighted by molar-refractivity contribution is 4.76. The van der Waals surface area contributed by atoms with Crippen molar-refractivity contribution in [3.8, 4) is 0 Å². The van der Waals surface area contributed by atoms with E-state index < -0.39 is 0 Å². The van der Waals surface area contributed by atoms with E-state index in [2.05, 4.69) is 32.7 Å². The van der Waals surface area contributed by atoms with Crippen LogP contribution in [-0.2, 0) is 0 Å². The lowest BCUT2D eigenvalue weighted by molar-refractivity contribution is 0.177. The molecule has 0 amide bonds. The maximum Gasteiger partial charge on any atom is 0.00950 e. The van der Waals surface area contributed by atoms with Crippen LogP contribution in [0.2, 0.25) is 0 Å². The molecule has 1 aliphatic carbocycles. The zero-order valence-electron chi connectivity index (χ0n) is 9.71. The highest BCUT2D eigenvalue weighted by Crippen LogP contribution is 2.25. The molecule has 1 nitrogen and oxygen atoms in total. The van der Waals surface area contributed by atoms with Gasteiger partial charge >= 0.3 is 0 Å². The van der Waals surface area contributed by atoms with Crippen LogP contribution in [0.4, 0.5) is 0 Å². The first kappa shape index (κ1) is 11.0. The quantitative estimate of drug-likeness (QED) is 0.594. The smallest absolute Gasteiger partial charge is 0.00950 e. The van der Waals surface area contributed by atoms with Crippen molar-refractivity contribution in [1.29, 1.82) is 0 Å². The van der Waals surface area contributed by atoms with Gasteiger partial charge in [-0.25, -0.2) is 0 Å². The van der Waals surface area contributed by atoms with Gasteiger partial charge in [0.2, 0.25) is 0 Å². The summed E-state index contributed by atoms with van der Waals surface area (Å²) >= 11 is 0. The first-order valence-electron chi connectivity index (χ1n) is 5.83. The predicted molar refractivity (Wildman–Crippen MR) is 58.9 cm³/mol. The van der Waals surface area contributed by atoms with Gasteiger partial charge in [0.05, 0.1) is 0 Å². The van der Waals surface area contributed by atoms with E-state index in [9.17, 15) is 0 Å². The average molecular weight is 183 g/mol. The Balaban J connectivity index is 2.41. The third-order valence-electron chi connectivity index (χ3n) is 3.62. The first-order chi connectivity index (χ1) is 6.11. The van der Waals surface area contributed by atoms with Gasteiger partial charge in [-0.15, -0.1) is 0 Å². The summed E-state index contributed by atoms with van der Waals surface area (Å²) in [6, 6.07) is 1.56. The Hall–Kier alpha value is -0.0400. The summed E-state index contributed by atoms with van der Waals surface area (Å²) in [4.78, 5) is 2.55. The fourth-order valence-corrected chi connectivity index (χ4v) is 2.30. The molecule has 0 aromatic heterocycles. The van der Waals surface area contributed by atoms with Crippen LogP contribution in [0.3, 0.4) is 0 Å². The minimum absolute atomic E-state index is 0.707. The Kier molecular flexibility index (Phi) is 4.24. The molecule has 1 fully saturated rings. The molecule has 78 valence electrons. The van der Waals surface area contributed by atoms with E-state index in [0.717, 1.165) is 12.0 Å². The van der Waals surface area contributed by atoms with E-state index in [4.69, 9.17) is 0 Å². The standard InChI is InChI=1S/C12H25N/c1-10(2)13(4)12-7-5-6-11(3)8-9-12/h10-12H,5-9H2,1-4H3. The molecule has 1 saturated carbocycles. The Morgan fingerprint density at radius 1 is 1.08 bits per heavy atom. The summed E-state index contributed by atoms with van der Waals surface area (Å²) in [5.41, 5.74) is 0. The second kappa shape index (κ2) is 4.99. The summed E-state index contributed by atoms with van der Waals surface area (Å²) < 4.78 is 0. The van der Waals surface area contributed by atoms with E-state index in [1.807, 2.05) is 0 Å². The highest BCUT2D eigenvalue weighted by Gasteiger charge is 2.20. The van der Waals surface area contributed by atoms with Crippen molar-refractivity contribution in [2.75, 3.05) is 7.05 Å². The van der Waals surface area contributed by atoms with Crippen molar-refractivity contribution < 1.29 is 0 Å². The molecule has 0 aromatic rings. The molecule has 0 heterocycles. The fourth-order valence-electron chi connectivity index (χ4n) is 2.30. The van der Waals surface area contributed by atoms with Crippen molar-refractivity contribution in [2.24, 2.45) is 5.92 Å². The summed E-state index contributed by atoms with van der Waals surface area (Å²) in [5.74, 6) is 0.963. The fraction of sp³-hybridized carbons (Fsp3) is 1.00. The third-order valence-corrected chi connectivity index (χ3v) is 3.62. The maximum atomic E-state index is 2.55. The SMILES string of the molecule is CC1CCCC(N(C)C(C)C)CC1. The monoisotopic (exact) mass is 183 g/mol. The van der Waals surface area contributed by atoms with Gasteiger partial charge in [-0.1, -0.05) is 19.8 Å². The van der Waals surface area contributed by atoms with E-state index in [-0.39, 0.29) is 0 Å². The van der Waals surface area contributed by atoms with Gasteiger partial charge < -0.3 is 4.90 Å². The van der Waals surface area contributed by atoms with Crippen molar-refractivity contribution in [1.82, 2.24) is 4.90 Å². The molecule has 1 aliphatic rings. The van der Waals surface area contributed by atoms with Crippen molar-refractivity contribution in [3.63, 3.8) is 0 Å². The van der Waals surface area contributed by atoms with Crippen LogP contribution in [0.5, 0.6) is 0 Å². The minimum Gasteiger partial charge on any atom is -0.301 e. The lowest BCUT2D eigenvalue weighted by atomic mass is 10.0. The number of nitrogens with zero attached hydrogens (tertiary/aromatic N) is 1. The van der Waals surface area contributed by atoms with Crippen LogP contribution in [0.1, 0.15) is 52.9 Å². The molecule has 2 unspecified atom stereocenters. The molecule has 0 N–H and O–H groups in total. The Labute approximate surface area is 83.5 Å². The number of rotatable bonds is 2. The largest absolute Gasteiger partial charge is 0.301 e. The van der Waals surface area contributed by atoms with Crippen LogP contribution in [0.15, 0.2) is 0 Å². The van der Waals surface area contributed by atoms with E-state index in [0.29, 0.717) is 6.04 Å². The van der Waals surface area contributed by atoms with Crippen molar-refractivity contribution >= 4 is 0 Å². The molecule has 0 aromatic carbocycles. The van der Waals surface area contributed by atoms with E-state index in [1.54, 1.807) is 0 Å². The third kappa shape index (κ3) is 3.30. The maximum absolute atomic E-state index is 2.55. The molecule has 0 aliphatic heterocycles. The molecular weight excluding hydrogens is 158 g/mol. The van der Waals surface area contributed by atoms with Crippen LogP contribution < -0.4 is 0 Å².